The quantitative estimate of drug-likeness (QED) is 0.653. The Morgan fingerprint density at radius 2 is 1.86 bits per heavy atom. The van der Waals surface area contributed by atoms with E-state index in [-0.39, 0.29) is 11.6 Å². The Kier molecular flexibility index (Phi) is 5.36. The zero-order valence-corrected chi connectivity index (χ0v) is 16.7. The fourth-order valence-electron chi connectivity index (χ4n) is 4.36. The number of ketones is 1. The largest absolute Gasteiger partial charge is 0.328 e. The highest BCUT2D eigenvalue weighted by molar-refractivity contribution is 6.35. The van der Waals surface area contributed by atoms with E-state index in [4.69, 9.17) is 11.6 Å². The van der Waals surface area contributed by atoms with E-state index in [0.717, 1.165) is 42.3 Å². The number of pyridine rings is 1. The minimum Gasteiger partial charge on any atom is -0.299 e. The molecule has 1 fully saturated rings. The van der Waals surface area contributed by atoms with Crippen LogP contribution in [0, 0.1) is 11.8 Å². The van der Waals surface area contributed by atoms with E-state index >= 15 is 0 Å². The molecular formula is C22H24ClN3O2. The number of carbonyl (C=O) groups excluding carboxylic acids is 1. The lowest BCUT2D eigenvalue weighted by molar-refractivity contribution is -0.123. The molecule has 4 rings (SSSR count). The van der Waals surface area contributed by atoms with Gasteiger partial charge in [0.05, 0.1) is 16.1 Å². The summed E-state index contributed by atoms with van der Waals surface area (Å²) >= 11 is 6.38. The summed E-state index contributed by atoms with van der Waals surface area (Å²) in [6, 6.07) is 9.43. The molecule has 1 saturated carbocycles. The Morgan fingerprint density at radius 1 is 1.14 bits per heavy atom. The molecule has 0 aliphatic heterocycles. The average molecular weight is 398 g/mol. The molecule has 0 atom stereocenters. The molecule has 0 spiro atoms. The predicted octanol–water partition coefficient (Wildman–Crippen LogP) is 4.01. The van der Waals surface area contributed by atoms with Gasteiger partial charge in [0.1, 0.15) is 5.78 Å². The summed E-state index contributed by atoms with van der Waals surface area (Å²) in [5, 5.41) is 0.608. The maximum Gasteiger partial charge on any atom is 0.328 e. The summed E-state index contributed by atoms with van der Waals surface area (Å²) in [4.78, 5) is 29.3. The molecule has 0 unspecified atom stereocenters. The number of Topliss-reactive ketones (excluding diaryl/α,β-unsaturated/α-hetero) is 1. The lowest BCUT2D eigenvalue weighted by Gasteiger charge is -2.28. The first kappa shape index (κ1) is 18.9. The van der Waals surface area contributed by atoms with Gasteiger partial charge in [0.2, 0.25) is 0 Å². The van der Waals surface area contributed by atoms with Crippen molar-refractivity contribution in [1.82, 2.24) is 14.1 Å². The Morgan fingerprint density at radius 3 is 2.57 bits per heavy atom. The van der Waals surface area contributed by atoms with E-state index in [0.29, 0.717) is 29.7 Å². The maximum atomic E-state index is 12.7. The molecule has 1 aliphatic rings. The van der Waals surface area contributed by atoms with Crippen LogP contribution in [-0.2, 0) is 24.8 Å². The summed E-state index contributed by atoms with van der Waals surface area (Å²) < 4.78 is 3.46. The van der Waals surface area contributed by atoms with Crippen molar-refractivity contribution in [2.24, 2.45) is 18.9 Å². The summed E-state index contributed by atoms with van der Waals surface area (Å²) in [7, 11) is 1.78. The number of hydrogen-bond donors (Lipinski definition) is 0. The van der Waals surface area contributed by atoms with Gasteiger partial charge in [0.15, 0.2) is 0 Å². The predicted molar refractivity (Wildman–Crippen MR) is 111 cm³/mol. The molecular weight excluding hydrogens is 374 g/mol. The first-order valence-corrected chi connectivity index (χ1v) is 10.2. The molecule has 146 valence electrons. The van der Waals surface area contributed by atoms with Crippen LogP contribution in [0.2, 0.25) is 5.02 Å². The van der Waals surface area contributed by atoms with Crippen LogP contribution in [0.1, 0.15) is 31.2 Å². The van der Waals surface area contributed by atoms with Crippen molar-refractivity contribution in [1.29, 1.82) is 0 Å². The minimum absolute atomic E-state index is 0.0287. The Bertz CT molecular complexity index is 1050. The van der Waals surface area contributed by atoms with Gasteiger partial charge >= 0.3 is 5.69 Å². The average Bonchev–Trinajstić information content (AvgIpc) is 2.95. The molecule has 0 bridgehead atoms. The van der Waals surface area contributed by atoms with Gasteiger partial charge in [-0.1, -0.05) is 17.7 Å². The van der Waals surface area contributed by atoms with Crippen molar-refractivity contribution in [2.45, 2.75) is 38.6 Å². The van der Waals surface area contributed by atoms with Crippen LogP contribution < -0.4 is 5.69 Å². The van der Waals surface area contributed by atoms with Crippen molar-refractivity contribution >= 4 is 28.4 Å². The number of aryl methyl sites for hydroxylation is 1. The Labute approximate surface area is 169 Å². The number of rotatable bonds is 5. The second-order valence-electron chi connectivity index (χ2n) is 7.78. The van der Waals surface area contributed by atoms with Gasteiger partial charge in [-0.25, -0.2) is 4.79 Å². The highest BCUT2D eigenvalue weighted by atomic mass is 35.5. The third kappa shape index (κ3) is 3.63. The number of para-hydroxylation sites is 1. The lowest BCUT2D eigenvalue weighted by Crippen LogP contribution is -2.29. The first-order valence-electron chi connectivity index (χ1n) is 9.80. The van der Waals surface area contributed by atoms with Gasteiger partial charge in [-0.3, -0.25) is 18.9 Å². The smallest absolute Gasteiger partial charge is 0.299 e. The zero-order chi connectivity index (χ0) is 19.7. The third-order valence-electron chi connectivity index (χ3n) is 5.99. The Hall–Kier alpha value is -2.40. The van der Waals surface area contributed by atoms with Gasteiger partial charge in [-0.15, -0.1) is 0 Å². The minimum atomic E-state index is -0.0287. The monoisotopic (exact) mass is 397 g/mol. The number of fused-ring (bicyclic) bond motifs is 1. The van der Waals surface area contributed by atoms with Gasteiger partial charge in [0.25, 0.3) is 0 Å². The van der Waals surface area contributed by atoms with Gasteiger partial charge in [-0.2, -0.15) is 0 Å². The van der Waals surface area contributed by atoms with Crippen LogP contribution in [0.4, 0.5) is 0 Å². The fraction of sp³-hybridized carbons (Fsp3) is 0.409. The molecule has 3 aromatic rings. The molecule has 2 aromatic heterocycles. The van der Waals surface area contributed by atoms with Gasteiger partial charge in [0, 0.05) is 38.3 Å². The van der Waals surface area contributed by atoms with Crippen LogP contribution in [0.5, 0.6) is 0 Å². The second-order valence-corrected chi connectivity index (χ2v) is 8.18. The molecule has 0 N–H and O–H groups in total. The standard InChI is InChI=1S/C22H24ClN3O2/c1-25-19-4-2-3-18(23)21(19)26(22(25)28)14-16-5-7-17(8-6-16)20(27)13-15-9-11-24-12-10-15/h2-4,9-12,16-17H,5-8,13-14H2,1H3. The number of halogens is 1. The molecule has 6 heteroatoms. The van der Waals surface area contributed by atoms with Crippen LogP contribution >= 0.6 is 11.6 Å². The summed E-state index contributed by atoms with van der Waals surface area (Å²) in [5.74, 6) is 0.830. The summed E-state index contributed by atoms with van der Waals surface area (Å²) in [5.41, 5.74) is 2.67. The molecule has 0 radical (unpaired) electrons. The molecule has 1 aliphatic carbocycles. The van der Waals surface area contributed by atoms with E-state index < -0.39 is 0 Å². The topological polar surface area (TPSA) is 56.9 Å². The molecule has 5 nitrogen and oxygen atoms in total. The number of imidazole rings is 1. The first-order chi connectivity index (χ1) is 13.5. The van der Waals surface area contributed by atoms with Crippen molar-refractivity contribution in [2.75, 3.05) is 0 Å². The molecule has 0 saturated heterocycles. The second kappa shape index (κ2) is 7.92. The number of aromatic nitrogens is 3. The Balaban J connectivity index is 1.43. The fourth-order valence-corrected chi connectivity index (χ4v) is 4.63. The van der Waals surface area contributed by atoms with Crippen molar-refractivity contribution < 1.29 is 4.79 Å². The number of benzene rings is 1. The van der Waals surface area contributed by atoms with Gasteiger partial charge < -0.3 is 0 Å². The van der Waals surface area contributed by atoms with Crippen LogP contribution in [-0.4, -0.2) is 19.9 Å². The van der Waals surface area contributed by atoms with Crippen LogP contribution in [0.3, 0.4) is 0 Å². The van der Waals surface area contributed by atoms with Crippen molar-refractivity contribution in [3.63, 3.8) is 0 Å². The van der Waals surface area contributed by atoms with Crippen molar-refractivity contribution in [3.8, 4) is 0 Å². The molecule has 1 aromatic carbocycles. The highest BCUT2D eigenvalue weighted by Crippen LogP contribution is 2.32. The lowest BCUT2D eigenvalue weighted by atomic mass is 9.79. The van der Waals surface area contributed by atoms with Crippen LogP contribution in [0.25, 0.3) is 11.0 Å². The van der Waals surface area contributed by atoms with E-state index in [2.05, 4.69) is 4.98 Å². The molecule has 28 heavy (non-hydrogen) atoms. The zero-order valence-electron chi connectivity index (χ0n) is 16.0. The van der Waals surface area contributed by atoms with E-state index in [1.54, 1.807) is 28.6 Å². The SMILES string of the molecule is Cn1c(=O)n(CC2CCC(C(=O)Cc3ccncc3)CC2)c2c(Cl)cccc21. The van der Waals surface area contributed by atoms with Crippen LogP contribution in [0.15, 0.2) is 47.5 Å². The van der Waals surface area contributed by atoms with E-state index in [1.807, 2.05) is 30.3 Å². The van der Waals surface area contributed by atoms with E-state index in [9.17, 15) is 9.59 Å². The maximum absolute atomic E-state index is 12.7. The number of carbonyl (C=O) groups is 1. The summed E-state index contributed by atoms with van der Waals surface area (Å²) in [6.45, 7) is 0.658. The third-order valence-corrected chi connectivity index (χ3v) is 6.29. The summed E-state index contributed by atoms with van der Waals surface area (Å²) in [6.07, 6.45) is 7.64. The van der Waals surface area contributed by atoms with E-state index in [1.165, 1.54) is 0 Å². The normalized spacial score (nSPS) is 19.8. The highest BCUT2D eigenvalue weighted by Gasteiger charge is 2.27. The number of hydrogen-bond acceptors (Lipinski definition) is 3. The van der Waals surface area contributed by atoms with Crippen molar-refractivity contribution in [3.05, 3.63) is 63.8 Å². The molecule has 0 amide bonds. The molecule has 2 heterocycles. The number of nitrogens with zero attached hydrogens (tertiary/aromatic N) is 3. The van der Waals surface area contributed by atoms with Gasteiger partial charge in [-0.05, 0) is 61.4 Å².